The topological polar surface area (TPSA) is 104 Å². The highest BCUT2D eigenvalue weighted by atomic mass is 16.5. The first-order valence-corrected chi connectivity index (χ1v) is 10.2. The molecule has 3 N–H and O–H groups in total. The van der Waals surface area contributed by atoms with Crippen LogP contribution in [0.25, 0.3) is 16.7 Å². The maximum absolute atomic E-state index is 13.2. The van der Waals surface area contributed by atoms with Crippen LogP contribution in [0.5, 0.6) is 0 Å². The van der Waals surface area contributed by atoms with Crippen molar-refractivity contribution in [2.75, 3.05) is 45.2 Å². The molecule has 3 aromatic rings. The Morgan fingerprint density at radius 3 is 2.87 bits per heavy atom. The average molecular weight is 413 g/mol. The SMILES string of the molecule is CCOC(=O)c1cc2c(=O)n3cc(C)ccc3nc2[n+](CC[NH+]2CCOCC2)c1N. The Morgan fingerprint density at radius 2 is 2.13 bits per heavy atom. The first-order chi connectivity index (χ1) is 14.5. The van der Waals surface area contributed by atoms with Gasteiger partial charge in [-0.3, -0.25) is 9.20 Å². The molecule has 1 aliphatic rings. The third-order valence-electron chi connectivity index (χ3n) is 5.48. The Bertz CT molecular complexity index is 1170. The minimum atomic E-state index is -0.543. The molecule has 0 saturated carbocycles. The molecular weight excluding hydrogens is 386 g/mol. The van der Waals surface area contributed by atoms with Gasteiger partial charge in [-0.25, -0.2) is 9.36 Å². The van der Waals surface area contributed by atoms with Crippen LogP contribution in [-0.4, -0.2) is 54.8 Å². The van der Waals surface area contributed by atoms with Gasteiger partial charge in [0.05, 0.1) is 19.8 Å². The van der Waals surface area contributed by atoms with Crippen molar-refractivity contribution in [2.24, 2.45) is 0 Å². The number of carbonyl (C=O) groups is 1. The molecule has 1 aliphatic heterocycles. The number of anilines is 1. The molecule has 0 spiro atoms. The van der Waals surface area contributed by atoms with Crippen LogP contribution in [-0.2, 0) is 16.0 Å². The standard InChI is InChI=1S/C21H25N5O4/c1-3-30-21(28)15-12-16-19(23-17-5-4-14(2)13-26(17)20(16)27)25(18(15)22)7-6-24-8-10-29-11-9-24/h4-5,12-13,22H,3,6-11H2,1-2H3/p+2. The van der Waals surface area contributed by atoms with E-state index in [0.29, 0.717) is 23.2 Å². The third-order valence-corrected chi connectivity index (χ3v) is 5.48. The van der Waals surface area contributed by atoms with Gasteiger partial charge in [-0.15, -0.1) is 0 Å². The number of hydrogen-bond donors (Lipinski definition) is 2. The maximum atomic E-state index is 13.2. The van der Waals surface area contributed by atoms with Crippen LogP contribution in [0.3, 0.4) is 0 Å². The first-order valence-electron chi connectivity index (χ1n) is 10.2. The number of quaternary nitrogens is 1. The van der Waals surface area contributed by atoms with Gasteiger partial charge in [-0.1, -0.05) is 11.1 Å². The summed E-state index contributed by atoms with van der Waals surface area (Å²) in [4.78, 5) is 31.9. The summed E-state index contributed by atoms with van der Waals surface area (Å²) in [6, 6.07) is 5.22. The van der Waals surface area contributed by atoms with E-state index in [1.807, 2.05) is 19.1 Å². The lowest BCUT2D eigenvalue weighted by atomic mass is 10.2. The Morgan fingerprint density at radius 1 is 1.37 bits per heavy atom. The van der Waals surface area contributed by atoms with Crippen molar-refractivity contribution in [3.05, 3.63) is 45.9 Å². The fraction of sp³-hybridized carbons (Fsp3) is 0.429. The van der Waals surface area contributed by atoms with Crippen LogP contribution < -0.4 is 20.8 Å². The van der Waals surface area contributed by atoms with Gasteiger partial charge in [0.15, 0.2) is 0 Å². The molecule has 0 bridgehead atoms. The summed E-state index contributed by atoms with van der Waals surface area (Å²) in [5, 5.41) is 0.340. The van der Waals surface area contributed by atoms with Crippen molar-refractivity contribution in [3.8, 4) is 0 Å². The van der Waals surface area contributed by atoms with E-state index in [1.54, 1.807) is 17.7 Å². The molecule has 0 atom stereocenters. The summed E-state index contributed by atoms with van der Waals surface area (Å²) in [7, 11) is 0. The molecule has 9 heteroatoms. The lowest BCUT2D eigenvalue weighted by molar-refractivity contribution is -0.923. The summed E-state index contributed by atoms with van der Waals surface area (Å²) in [5.41, 5.74) is 8.29. The molecule has 4 heterocycles. The summed E-state index contributed by atoms with van der Waals surface area (Å²) >= 11 is 0. The molecule has 30 heavy (non-hydrogen) atoms. The molecule has 158 valence electrons. The number of aromatic nitrogens is 3. The lowest BCUT2D eigenvalue weighted by Gasteiger charge is -2.23. The molecule has 0 unspecified atom stereocenters. The van der Waals surface area contributed by atoms with Crippen molar-refractivity contribution in [3.63, 3.8) is 0 Å². The highest BCUT2D eigenvalue weighted by Gasteiger charge is 2.26. The number of hydrogen-bond acceptors (Lipinski definition) is 6. The van der Waals surface area contributed by atoms with Gasteiger partial charge in [0.25, 0.3) is 11.2 Å². The number of aryl methyl sites for hydroxylation is 1. The van der Waals surface area contributed by atoms with E-state index in [1.165, 1.54) is 15.4 Å². The maximum Gasteiger partial charge on any atom is 0.344 e. The number of esters is 1. The van der Waals surface area contributed by atoms with Gasteiger partial charge in [-0.2, -0.15) is 0 Å². The summed E-state index contributed by atoms with van der Waals surface area (Å²) < 4.78 is 13.9. The van der Waals surface area contributed by atoms with E-state index >= 15 is 0 Å². The zero-order chi connectivity index (χ0) is 21.3. The molecule has 0 aromatic carbocycles. The van der Waals surface area contributed by atoms with Gasteiger partial charge in [0.2, 0.25) is 11.5 Å². The quantitative estimate of drug-likeness (QED) is 0.320. The van der Waals surface area contributed by atoms with Crippen molar-refractivity contribution in [1.29, 1.82) is 0 Å². The molecular formula is C21H27N5O4+2. The second kappa shape index (κ2) is 8.37. The normalized spacial score (nSPS) is 15.0. The summed E-state index contributed by atoms with van der Waals surface area (Å²) in [6.07, 6.45) is 1.74. The van der Waals surface area contributed by atoms with E-state index < -0.39 is 5.97 Å². The van der Waals surface area contributed by atoms with Crippen molar-refractivity contribution in [1.82, 2.24) is 9.38 Å². The van der Waals surface area contributed by atoms with Crippen LogP contribution in [0.4, 0.5) is 5.82 Å². The number of nitrogens with one attached hydrogen (secondary N) is 1. The minimum absolute atomic E-state index is 0.188. The number of nitrogens with zero attached hydrogens (tertiary/aromatic N) is 3. The molecule has 1 saturated heterocycles. The summed E-state index contributed by atoms with van der Waals surface area (Å²) in [6.45, 7) is 8.45. The zero-order valence-corrected chi connectivity index (χ0v) is 17.3. The lowest BCUT2D eigenvalue weighted by Crippen LogP contribution is -3.14. The Balaban J connectivity index is 1.89. The van der Waals surface area contributed by atoms with Crippen molar-refractivity contribution < 1.29 is 23.7 Å². The van der Waals surface area contributed by atoms with Crippen LogP contribution >= 0.6 is 0 Å². The predicted molar refractivity (Wildman–Crippen MR) is 111 cm³/mol. The largest absolute Gasteiger partial charge is 0.462 e. The number of fused-ring (bicyclic) bond motifs is 2. The van der Waals surface area contributed by atoms with E-state index in [2.05, 4.69) is 0 Å². The molecule has 0 radical (unpaired) electrons. The van der Waals surface area contributed by atoms with Crippen molar-refractivity contribution >= 4 is 28.5 Å². The number of morpholine rings is 1. The van der Waals surface area contributed by atoms with Gasteiger partial charge in [0.1, 0.15) is 37.1 Å². The monoisotopic (exact) mass is 413 g/mol. The second-order valence-corrected chi connectivity index (χ2v) is 7.52. The van der Waals surface area contributed by atoms with Crippen LogP contribution in [0.2, 0.25) is 0 Å². The second-order valence-electron chi connectivity index (χ2n) is 7.52. The number of pyridine rings is 2. The van der Waals surface area contributed by atoms with Crippen LogP contribution in [0.1, 0.15) is 22.8 Å². The Labute approximate surface area is 173 Å². The summed E-state index contributed by atoms with van der Waals surface area (Å²) in [5.74, 6) is -0.282. The van der Waals surface area contributed by atoms with E-state index in [0.717, 1.165) is 38.4 Å². The Kier molecular flexibility index (Phi) is 5.65. The first kappa shape index (κ1) is 20.2. The van der Waals surface area contributed by atoms with Gasteiger partial charge < -0.3 is 20.1 Å². The highest BCUT2D eigenvalue weighted by Crippen LogP contribution is 2.16. The minimum Gasteiger partial charge on any atom is -0.462 e. The van der Waals surface area contributed by atoms with Gasteiger partial charge in [0, 0.05) is 6.20 Å². The van der Waals surface area contributed by atoms with Crippen molar-refractivity contribution in [2.45, 2.75) is 20.4 Å². The number of carbonyl (C=O) groups excluding carboxylic acids is 1. The van der Waals surface area contributed by atoms with Crippen LogP contribution in [0.15, 0.2) is 29.2 Å². The van der Waals surface area contributed by atoms with E-state index in [-0.39, 0.29) is 23.5 Å². The third kappa shape index (κ3) is 3.73. The molecule has 3 aromatic heterocycles. The van der Waals surface area contributed by atoms with Gasteiger partial charge >= 0.3 is 5.97 Å². The molecule has 0 amide bonds. The number of ether oxygens (including phenoxy) is 2. The zero-order valence-electron chi connectivity index (χ0n) is 17.3. The Hall–Kier alpha value is -3.04. The molecule has 0 aliphatic carbocycles. The van der Waals surface area contributed by atoms with Crippen LogP contribution in [0, 0.1) is 6.92 Å². The number of rotatable bonds is 5. The highest BCUT2D eigenvalue weighted by molar-refractivity contribution is 5.96. The average Bonchev–Trinajstić information content (AvgIpc) is 2.74. The fourth-order valence-corrected chi connectivity index (χ4v) is 3.84. The predicted octanol–water partition coefficient (Wildman–Crippen LogP) is -0.882. The molecule has 9 nitrogen and oxygen atoms in total. The number of nitrogen functional groups attached to an aromatic ring is 1. The molecule has 4 rings (SSSR count). The molecule has 1 fully saturated rings. The van der Waals surface area contributed by atoms with Gasteiger partial charge in [-0.05, 0) is 31.5 Å². The fourth-order valence-electron chi connectivity index (χ4n) is 3.84. The van der Waals surface area contributed by atoms with E-state index in [4.69, 9.17) is 20.2 Å². The van der Waals surface area contributed by atoms with E-state index in [9.17, 15) is 9.59 Å². The smallest absolute Gasteiger partial charge is 0.344 e. The number of nitrogens with two attached hydrogens (primary N) is 1.